The Labute approximate surface area is 120 Å². The Morgan fingerprint density at radius 3 is 2.80 bits per heavy atom. The fourth-order valence-electron chi connectivity index (χ4n) is 2.45. The second-order valence-electron chi connectivity index (χ2n) is 5.96. The summed E-state index contributed by atoms with van der Waals surface area (Å²) in [5.74, 6) is 0.785. The van der Waals surface area contributed by atoms with Gasteiger partial charge in [0.2, 0.25) is 5.91 Å². The van der Waals surface area contributed by atoms with Gasteiger partial charge in [-0.25, -0.2) is 0 Å². The number of benzene rings is 1. The number of rotatable bonds is 4. The molecule has 1 amide bonds. The topological polar surface area (TPSA) is 50.4 Å². The van der Waals surface area contributed by atoms with E-state index in [2.05, 4.69) is 10.6 Å². The first kappa shape index (κ1) is 14.9. The lowest BCUT2D eigenvalue weighted by Crippen LogP contribution is -2.46. The minimum absolute atomic E-state index is 0.0597. The van der Waals surface area contributed by atoms with Crippen LogP contribution in [0, 0.1) is 5.41 Å². The van der Waals surface area contributed by atoms with Gasteiger partial charge < -0.3 is 15.4 Å². The molecule has 1 unspecified atom stereocenters. The van der Waals surface area contributed by atoms with Crippen molar-refractivity contribution in [2.45, 2.75) is 39.7 Å². The number of piperidine rings is 1. The largest absolute Gasteiger partial charge is 0.489 e. The van der Waals surface area contributed by atoms with Crippen LogP contribution in [-0.4, -0.2) is 25.1 Å². The SMILES string of the molecule is CC(C)Oc1ccccc1NC(=O)C1(C)CCCNC1. The highest BCUT2D eigenvalue weighted by atomic mass is 16.5. The van der Waals surface area contributed by atoms with Crippen LogP contribution in [0.25, 0.3) is 0 Å². The number of carbonyl (C=O) groups excluding carboxylic acids is 1. The van der Waals surface area contributed by atoms with Crippen molar-refractivity contribution in [3.05, 3.63) is 24.3 Å². The Hall–Kier alpha value is -1.55. The van der Waals surface area contributed by atoms with E-state index in [1.54, 1.807) is 0 Å². The highest BCUT2D eigenvalue weighted by Crippen LogP contribution is 2.30. The number of carbonyl (C=O) groups is 1. The number of hydrogen-bond donors (Lipinski definition) is 2. The second-order valence-corrected chi connectivity index (χ2v) is 5.96. The summed E-state index contributed by atoms with van der Waals surface area (Å²) in [7, 11) is 0. The van der Waals surface area contributed by atoms with Crippen molar-refractivity contribution in [2.75, 3.05) is 18.4 Å². The normalized spacial score (nSPS) is 22.6. The maximum Gasteiger partial charge on any atom is 0.231 e. The van der Waals surface area contributed by atoms with Crippen LogP contribution < -0.4 is 15.4 Å². The molecule has 1 aromatic rings. The summed E-state index contributed by atoms with van der Waals surface area (Å²) in [6.07, 6.45) is 2.03. The van der Waals surface area contributed by atoms with Crippen LogP contribution in [0.5, 0.6) is 5.75 Å². The molecule has 0 aliphatic carbocycles. The van der Waals surface area contributed by atoms with Gasteiger partial charge in [0.15, 0.2) is 0 Å². The summed E-state index contributed by atoms with van der Waals surface area (Å²) in [4.78, 5) is 12.5. The molecule has 2 N–H and O–H groups in total. The molecule has 0 radical (unpaired) electrons. The molecule has 4 nitrogen and oxygen atoms in total. The van der Waals surface area contributed by atoms with Crippen molar-refractivity contribution >= 4 is 11.6 Å². The summed E-state index contributed by atoms with van der Waals surface area (Å²) in [6.45, 7) is 7.69. The summed E-state index contributed by atoms with van der Waals surface area (Å²) in [6, 6.07) is 7.59. The van der Waals surface area contributed by atoms with Gasteiger partial charge in [-0.15, -0.1) is 0 Å². The number of anilines is 1. The zero-order chi connectivity index (χ0) is 14.6. The average molecular weight is 276 g/mol. The van der Waals surface area contributed by atoms with Crippen LogP contribution in [0.15, 0.2) is 24.3 Å². The Kier molecular flexibility index (Phi) is 4.65. The predicted molar refractivity (Wildman–Crippen MR) is 81.0 cm³/mol. The molecule has 4 heteroatoms. The van der Waals surface area contributed by atoms with Crippen molar-refractivity contribution in [1.29, 1.82) is 0 Å². The van der Waals surface area contributed by atoms with E-state index in [9.17, 15) is 4.79 Å². The molecular weight excluding hydrogens is 252 g/mol. The number of para-hydroxylation sites is 2. The third kappa shape index (κ3) is 3.51. The van der Waals surface area contributed by atoms with E-state index >= 15 is 0 Å². The van der Waals surface area contributed by atoms with Gasteiger partial charge in [-0.05, 0) is 52.3 Å². The molecule has 110 valence electrons. The lowest BCUT2D eigenvalue weighted by Gasteiger charge is -2.32. The third-order valence-electron chi connectivity index (χ3n) is 3.64. The molecular formula is C16H24N2O2. The number of hydrogen-bond acceptors (Lipinski definition) is 3. The van der Waals surface area contributed by atoms with Crippen molar-refractivity contribution in [3.8, 4) is 5.75 Å². The highest BCUT2D eigenvalue weighted by Gasteiger charge is 2.34. The van der Waals surface area contributed by atoms with E-state index in [4.69, 9.17) is 4.74 Å². The zero-order valence-electron chi connectivity index (χ0n) is 12.5. The molecule has 1 aromatic carbocycles. The molecule has 0 aromatic heterocycles. The van der Waals surface area contributed by atoms with Crippen molar-refractivity contribution < 1.29 is 9.53 Å². The summed E-state index contributed by atoms with van der Waals surface area (Å²) >= 11 is 0. The van der Waals surface area contributed by atoms with Crippen molar-refractivity contribution in [2.24, 2.45) is 5.41 Å². The van der Waals surface area contributed by atoms with Crippen molar-refractivity contribution in [1.82, 2.24) is 5.32 Å². The Bertz CT molecular complexity index is 465. The fourth-order valence-corrected chi connectivity index (χ4v) is 2.45. The summed E-state index contributed by atoms with van der Waals surface area (Å²) < 4.78 is 5.74. The van der Waals surface area contributed by atoms with Crippen LogP contribution in [0.4, 0.5) is 5.69 Å². The minimum Gasteiger partial charge on any atom is -0.489 e. The lowest BCUT2D eigenvalue weighted by molar-refractivity contribution is -0.125. The predicted octanol–water partition coefficient (Wildman–Crippen LogP) is 2.80. The number of nitrogens with one attached hydrogen (secondary N) is 2. The molecule has 1 fully saturated rings. The third-order valence-corrected chi connectivity index (χ3v) is 3.64. The van der Waals surface area contributed by atoms with E-state index in [0.29, 0.717) is 0 Å². The van der Waals surface area contributed by atoms with Crippen LogP contribution in [0.1, 0.15) is 33.6 Å². The zero-order valence-corrected chi connectivity index (χ0v) is 12.5. The van der Waals surface area contributed by atoms with E-state index < -0.39 is 0 Å². The van der Waals surface area contributed by atoms with E-state index in [-0.39, 0.29) is 17.4 Å². The Balaban J connectivity index is 2.11. The highest BCUT2D eigenvalue weighted by molar-refractivity contribution is 5.96. The quantitative estimate of drug-likeness (QED) is 0.889. The molecule has 2 rings (SSSR count). The first-order valence-corrected chi connectivity index (χ1v) is 7.29. The first-order chi connectivity index (χ1) is 9.51. The average Bonchev–Trinajstić information content (AvgIpc) is 2.41. The van der Waals surface area contributed by atoms with Gasteiger partial charge in [0.05, 0.1) is 17.2 Å². The van der Waals surface area contributed by atoms with Crippen molar-refractivity contribution in [3.63, 3.8) is 0 Å². The van der Waals surface area contributed by atoms with Gasteiger partial charge in [0.25, 0.3) is 0 Å². The van der Waals surface area contributed by atoms with Crippen LogP contribution in [-0.2, 0) is 4.79 Å². The molecule has 1 atom stereocenters. The number of amides is 1. The van der Waals surface area contributed by atoms with Gasteiger partial charge in [-0.3, -0.25) is 4.79 Å². The molecule has 1 heterocycles. The standard InChI is InChI=1S/C16H24N2O2/c1-12(2)20-14-8-5-4-7-13(14)18-15(19)16(3)9-6-10-17-11-16/h4-5,7-8,12,17H,6,9-11H2,1-3H3,(H,18,19). The van der Waals surface area contributed by atoms with E-state index in [1.807, 2.05) is 45.0 Å². The monoisotopic (exact) mass is 276 g/mol. The molecule has 1 saturated heterocycles. The van der Waals surface area contributed by atoms with Gasteiger partial charge in [0, 0.05) is 6.54 Å². The summed E-state index contributed by atoms with van der Waals surface area (Å²) in [5, 5.41) is 6.32. The minimum atomic E-state index is -0.344. The lowest BCUT2D eigenvalue weighted by atomic mass is 9.82. The molecule has 0 saturated carbocycles. The van der Waals surface area contributed by atoms with Gasteiger partial charge in [-0.2, -0.15) is 0 Å². The molecule has 1 aliphatic rings. The van der Waals surface area contributed by atoms with Crippen LogP contribution in [0.2, 0.25) is 0 Å². The maximum absolute atomic E-state index is 12.5. The van der Waals surface area contributed by atoms with Gasteiger partial charge in [0.1, 0.15) is 5.75 Å². The Morgan fingerprint density at radius 1 is 1.40 bits per heavy atom. The maximum atomic E-state index is 12.5. The molecule has 1 aliphatic heterocycles. The number of ether oxygens (including phenoxy) is 1. The smallest absolute Gasteiger partial charge is 0.231 e. The fraction of sp³-hybridized carbons (Fsp3) is 0.562. The Morgan fingerprint density at radius 2 is 2.15 bits per heavy atom. The summed E-state index contributed by atoms with van der Waals surface area (Å²) in [5.41, 5.74) is 0.404. The first-order valence-electron chi connectivity index (χ1n) is 7.29. The van der Waals surface area contributed by atoms with Gasteiger partial charge >= 0.3 is 0 Å². The van der Waals surface area contributed by atoms with Crippen LogP contribution >= 0.6 is 0 Å². The van der Waals surface area contributed by atoms with Gasteiger partial charge in [-0.1, -0.05) is 12.1 Å². The van der Waals surface area contributed by atoms with Crippen LogP contribution in [0.3, 0.4) is 0 Å². The van der Waals surface area contributed by atoms with E-state index in [0.717, 1.165) is 37.4 Å². The molecule has 0 spiro atoms. The van der Waals surface area contributed by atoms with E-state index in [1.165, 1.54) is 0 Å². The molecule has 20 heavy (non-hydrogen) atoms. The molecule has 0 bridgehead atoms. The second kappa shape index (κ2) is 6.27.